The van der Waals surface area contributed by atoms with Gasteiger partial charge in [-0.1, -0.05) is 6.08 Å². The number of pyridine rings is 1. The number of rotatable bonds is 6. The lowest BCUT2D eigenvalue weighted by Crippen LogP contribution is -2.23. The molecule has 2 aliphatic heterocycles. The van der Waals surface area contributed by atoms with Crippen molar-refractivity contribution in [2.24, 2.45) is 4.99 Å². The van der Waals surface area contributed by atoms with Crippen molar-refractivity contribution in [3.05, 3.63) is 71.4 Å². The minimum absolute atomic E-state index is 0.0920. The van der Waals surface area contributed by atoms with Gasteiger partial charge in [-0.2, -0.15) is 0 Å². The van der Waals surface area contributed by atoms with Crippen LogP contribution in [0.4, 0.5) is 0 Å². The molecular formula is C24H24N4O6. The van der Waals surface area contributed by atoms with Crippen LogP contribution in [0.15, 0.2) is 70.9 Å². The number of ketones is 1. The van der Waals surface area contributed by atoms with E-state index < -0.39 is 11.8 Å². The van der Waals surface area contributed by atoms with Crippen LogP contribution < -0.4 is 0 Å². The maximum absolute atomic E-state index is 12.5. The van der Waals surface area contributed by atoms with Crippen LogP contribution in [0.25, 0.3) is 17.1 Å². The summed E-state index contributed by atoms with van der Waals surface area (Å²) in [6.45, 7) is 0.296. The molecule has 0 bridgehead atoms. The first-order chi connectivity index (χ1) is 16.4. The SMILES string of the molecule is CN(C)CCOC(=O)C1=C(C2=NC=CC(=Cc3c[nH]c4ncccc34)C=C2)OCC1=O.O=CO. The molecule has 2 aliphatic rings. The monoisotopic (exact) mass is 464 g/mol. The summed E-state index contributed by atoms with van der Waals surface area (Å²) in [5, 5.41) is 7.90. The molecule has 10 nitrogen and oxygen atoms in total. The molecule has 176 valence electrons. The molecule has 0 saturated heterocycles. The number of allylic oxidation sites excluding steroid dienone is 4. The van der Waals surface area contributed by atoms with Crippen molar-refractivity contribution in [1.29, 1.82) is 0 Å². The molecule has 0 atom stereocenters. The zero-order chi connectivity index (χ0) is 24.5. The summed E-state index contributed by atoms with van der Waals surface area (Å²) in [6.07, 6.45) is 12.7. The van der Waals surface area contributed by atoms with Gasteiger partial charge in [0.05, 0.1) is 0 Å². The summed E-state index contributed by atoms with van der Waals surface area (Å²) in [4.78, 5) is 46.7. The molecule has 0 fully saturated rings. The zero-order valence-electron chi connectivity index (χ0n) is 18.7. The van der Waals surface area contributed by atoms with E-state index in [0.717, 1.165) is 22.2 Å². The number of fused-ring (bicyclic) bond motifs is 1. The number of carboxylic acid groups (broad SMARTS) is 1. The minimum Gasteiger partial charge on any atom is -0.483 e. The molecule has 0 aromatic carbocycles. The molecule has 2 aromatic heterocycles. The minimum atomic E-state index is -0.689. The molecule has 0 amide bonds. The lowest BCUT2D eigenvalue weighted by Gasteiger charge is -2.10. The van der Waals surface area contributed by atoms with E-state index in [4.69, 9.17) is 19.4 Å². The Morgan fingerprint density at radius 1 is 1.32 bits per heavy atom. The Morgan fingerprint density at radius 2 is 2.12 bits per heavy atom. The first-order valence-electron chi connectivity index (χ1n) is 10.3. The van der Waals surface area contributed by atoms with E-state index in [-0.39, 0.29) is 31.0 Å². The van der Waals surface area contributed by atoms with Crippen molar-refractivity contribution in [2.45, 2.75) is 0 Å². The third-order valence-electron chi connectivity index (χ3n) is 4.78. The first kappa shape index (κ1) is 24.3. The van der Waals surface area contributed by atoms with Gasteiger partial charge in [0.2, 0.25) is 5.78 Å². The van der Waals surface area contributed by atoms with E-state index >= 15 is 0 Å². The Morgan fingerprint density at radius 3 is 2.88 bits per heavy atom. The van der Waals surface area contributed by atoms with Gasteiger partial charge in [-0.15, -0.1) is 0 Å². The van der Waals surface area contributed by atoms with Crippen molar-refractivity contribution >= 4 is 41.0 Å². The Kier molecular flexibility index (Phi) is 8.25. The van der Waals surface area contributed by atoms with Gasteiger partial charge in [-0.05, 0) is 50.0 Å². The van der Waals surface area contributed by atoms with E-state index in [9.17, 15) is 9.59 Å². The fourth-order valence-electron chi connectivity index (χ4n) is 3.19. The van der Waals surface area contributed by atoms with Crippen molar-refractivity contribution in [1.82, 2.24) is 14.9 Å². The fourth-order valence-corrected chi connectivity index (χ4v) is 3.19. The molecule has 0 radical (unpaired) electrons. The number of esters is 1. The number of ether oxygens (including phenoxy) is 2. The third kappa shape index (κ3) is 5.93. The van der Waals surface area contributed by atoms with Crippen molar-refractivity contribution in [2.75, 3.05) is 33.9 Å². The van der Waals surface area contributed by atoms with E-state index in [1.807, 2.05) is 55.6 Å². The molecule has 34 heavy (non-hydrogen) atoms. The van der Waals surface area contributed by atoms with Gasteiger partial charge in [0.15, 0.2) is 17.9 Å². The second kappa shape index (κ2) is 11.5. The van der Waals surface area contributed by atoms with Crippen LogP contribution in [0.1, 0.15) is 5.56 Å². The number of H-pyrrole nitrogens is 1. The zero-order valence-corrected chi connectivity index (χ0v) is 18.7. The van der Waals surface area contributed by atoms with Crippen LogP contribution in [-0.2, 0) is 23.9 Å². The van der Waals surface area contributed by atoms with Gasteiger partial charge in [0.1, 0.15) is 18.0 Å². The van der Waals surface area contributed by atoms with Crippen molar-refractivity contribution in [3.8, 4) is 0 Å². The van der Waals surface area contributed by atoms with Crippen LogP contribution in [0.2, 0.25) is 0 Å². The van der Waals surface area contributed by atoms with Gasteiger partial charge >= 0.3 is 5.97 Å². The lowest BCUT2D eigenvalue weighted by atomic mass is 10.1. The number of Topliss-reactive ketones (excluding diaryl/α,β-unsaturated/α-hetero) is 1. The third-order valence-corrected chi connectivity index (χ3v) is 4.78. The Labute approximate surface area is 195 Å². The van der Waals surface area contributed by atoms with E-state index in [0.29, 0.717) is 12.3 Å². The summed E-state index contributed by atoms with van der Waals surface area (Å²) < 4.78 is 10.7. The fraction of sp³-hybridized carbons (Fsp3) is 0.208. The maximum atomic E-state index is 12.5. The van der Waals surface area contributed by atoms with E-state index in [2.05, 4.69) is 15.0 Å². The normalized spacial score (nSPS) is 16.3. The molecule has 2 N–H and O–H groups in total. The molecule has 0 aliphatic carbocycles. The van der Waals surface area contributed by atoms with Gasteiger partial charge < -0.3 is 24.5 Å². The smallest absolute Gasteiger partial charge is 0.345 e. The van der Waals surface area contributed by atoms with Gasteiger partial charge in [-0.3, -0.25) is 14.6 Å². The number of carbonyl (C=O) groups excluding carboxylic acids is 2. The average Bonchev–Trinajstić information content (AvgIpc) is 3.31. The highest BCUT2D eigenvalue weighted by Gasteiger charge is 2.34. The number of aliphatic imine (C=N–C) groups is 1. The summed E-state index contributed by atoms with van der Waals surface area (Å²) in [5.41, 5.74) is 3.00. The predicted molar refractivity (Wildman–Crippen MR) is 126 cm³/mol. The summed E-state index contributed by atoms with van der Waals surface area (Å²) in [6, 6.07) is 3.88. The quantitative estimate of drug-likeness (QED) is 0.377. The second-order valence-electron chi connectivity index (χ2n) is 7.41. The number of nitrogens with one attached hydrogen (secondary N) is 1. The highest BCUT2D eigenvalue weighted by molar-refractivity contribution is 6.26. The first-order valence-corrected chi connectivity index (χ1v) is 10.3. The molecule has 0 saturated carbocycles. The molecule has 4 rings (SSSR count). The molecule has 10 heteroatoms. The number of hydrogen-bond acceptors (Lipinski definition) is 8. The number of hydrogen-bond donors (Lipinski definition) is 2. The van der Waals surface area contributed by atoms with Gasteiger partial charge in [-0.25, -0.2) is 9.78 Å². The largest absolute Gasteiger partial charge is 0.483 e. The Balaban J connectivity index is 0.00000103. The van der Waals surface area contributed by atoms with Crippen LogP contribution in [0.3, 0.4) is 0 Å². The molecular weight excluding hydrogens is 440 g/mol. The van der Waals surface area contributed by atoms with Gasteiger partial charge in [0.25, 0.3) is 6.47 Å². The van der Waals surface area contributed by atoms with E-state index in [1.54, 1.807) is 18.5 Å². The van der Waals surface area contributed by atoms with Crippen molar-refractivity contribution in [3.63, 3.8) is 0 Å². The molecule has 0 unspecified atom stereocenters. The number of nitrogens with zero attached hydrogens (tertiary/aromatic N) is 3. The van der Waals surface area contributed by atoms with Crippen LogP contribution in [0.5, 0.6) is 0 Å². The summed E-state index contributed by atoms with van der Waals surface area (Å²) in [5.74, 6) is -0.944. The topological polar surface area (TPSA) is 134 Å². The van der Waals surface area contributed by atoms with Crippen molar-refractivity contribution < 1.29 is 29.0 Å². The highest BCUT2D eigenvalue weighted by Crippen LogP contribution is 2.23. The molecule has 2 aromatic rings. The average molecular weight is 464 g/mol. The number of aromatic nitrogens is 2. The van der Waals surface area contributed by atoms with Crippen LogP contribution >= 0.6 is 0 Å². The Bertz CT molecular complexity index is 1230. The summed E-state index contributed by atoms with van der Waals surface area (Å²) in [7, 11) is 3.75. The molecule has 0 spiro atoms. The molecule has 4 heterocycles. The second-order valence-corrected chi connectivity index (χ2v) is 7.41. The van der Waals surface area contributed by atoms with E-state index in [1.165, 1.54) is 0 Å². The Hall–Kier alpha value is -4.31. The van der Waals surface area contributed by atoms with Gasteiger partial charge in [0, 0.05) is 36.1 Å². The number of likely N-dealkylation sites (N-methyl/N-ethyl adjacent to an activating group) is 1. The predicted octanol–water partition coefficient (Wildman–Crippen LogP) is 2.13. The number of aromatic amines is 1. The van der Waals surface area contributed by atoms with Crippen LogP contribution in [-0.4, -0.2) is 77.8 Å². The van der Waals surface area contributed by atoms with Crippen LogP contribution in [0, 0.1) is 0 Å². The lowest BCUT2D eigenvalue weighted by molar-refractivity contribution is -0.140. The standard InChI is InChI=1S/C23H22N4O4.CH2O2/c1-27(2)10-11-30-23(29)20-19(28)14-31-21(20)18-6-5-15(7-9-24-18)12-16-13-26-22-17(16)4-3-8-25-22;2-1-3/h3-9,12-13H,10-11,14H2,1-2H3,(H,25,26);1H,(H,2,3). The summed E-state index contributed by atoms with van der Waals surface area (Å²) >= 11 is 0. The number of carbonyl (C=O) groups is 3. The highest BCUT2D eigenvalue weighted by atomic mass is 16.5. The maximum Gasteiger partial charge on any atom is 0.345 e.